The van der Waals surface area contributed by atoms with Crippen molar-refractivity contribution in [3.63, 3.8) is 0 Å². The van der Waals surface area contributed by atoms with Crippen LogP contribution in [0.5, 0.6) is 5.75 Å². The molecule has 0 saturated heterocycles. The van der Waals surface area contributed by atoms with Gasteiger partial charge in [-0.25, -0.2) is 0 Å². The minimum absolute atomic E-state index is 0.328. The molecule has 1 atom stereocenters. The molecule has 0 aliphatic carbocycles. The topological polar surface area (TPSA) is 52.0 Å². The van der Waals surface area contributed by atoms with Gasteiger partial charge in [-0.15, -0.1) is 10.2 Å². The van der Waals surface area contributed by atoms with E-state index in [9.17, 15) is 0 Å². The van der Waals surface area contributed by atoms with Crippen LogP contribution in [-0.4, -0.2) is 27.9 Å². The molecule has 0 bridgehead atoms. The first-order valence-corrected chi connectivity index (χ1v) is 7.06. The average Bonchev–Trinajstić information content (AvgIpc) is 3.07. The summed E-state index contributed by atoms with van der Waals surface area (Å²) in [5.74, 6) is 2.05. The number of hydrogen-bond acceptors (Lipinski definition) is 4. The first-order valence-electron chi connectivity index (χ1n) is 7.06. The first kappa shape index (κ1) is 13.1. The quantitative estimate of drug-likeness (QED) is 0.899. The molecule has 5 heteroatoms. The molecule has 1 N–H and O–H groups in total. The van der Waals surface area contributed by atoms with Crippen molar-refractivity contribution >= 4 is 0 Å². The number of aromatic nitrogens is 3. The summed E-state index contributed by atoms with van der Waals surface area (Å²) in [5, 5.41) is 11.5. The van der Waals surface area contributed by atoms with Gasteiger partial charge >= 0.3 is 0 Å². The van der Waals surface area contributed by atoms with Crippen LogP contribution < -0.4 is 10.1 Å². The molecule has 1 aromatic heterocycles. The van der Waals surface area contributed by atoms with E-state index in [1.54, 1.807) is 6.33 Å². The lowest BCUT2D eigenvalue weighted by Crippen LogP contribution is -2.22. The van der Waals surface area contributed by atoms with E-state index < -0.39 is 0 Å². The van der Waals surface area contributed by atoms with Gasteiger partial charge in [-0.05, 0) is 24.1 Å². The number of nitrogens with one attached hydrogen (secondary N) is 1. The van der Waals surface area contributed by atoms with Crippen molar-refractivity contribution in [2.24, 2.45) is 7.05 Å². The Morgan fingerprint density at radius 1 is 1.45 bits per heavy atom. The van der Waals surface area contributed by atoms with Crippen molar-refractivity contribution in [2.75, 3.05) is 13.2 Å². The van der Waals surface area contributed by atoms with Crippen molar-refractivity contribution in [3.8, 4) is 5.75 Å². The van der Waals surface area contributed by atoms with Crippen LogP contribution in [0.3, 0.4) is 0 Å². The minimum atomic E-state index is 0.328. The van der Waals surface area contributed by atoms with Crippen LogP contribution in [0.2, 0.25) is 0 Å². The molecule has 1 unspecified atom stereocenters. The fraction of sp³-hybridized carbons (Fsp3) is 0.467. The zero-order valence-electron chi connectivity index (χ0n) is 12.0. The lowest BCUT2D eigenvalue weighted by Gasteiger charge is -2.15. The largest absolute Gasteiger partial charge is 0.493 e. The molecule has 2 aromatic rings. The predicted molar refractivity (Wildman–Crippen MR) is 76.8 cm³/mol. The number of nitrogens with zero attached hydrogens (tertiary/aromatic N) is 3. The molecular weight excluding hydrogens is 252 g/mol. The molecule has 2 heterocycles. The summed E-state index contributed by atoms with van der Waals surface area (Å²) in [6, 6.07) is 6.81. The number of rotatable bonds is 5. The van der Waals surface area contributed by atoms with Gasteiger partial charge in [0.05, 0.1) is 6.61 Å². The standard InChI is InChI=1S/C15H20N4O/c1-11(16-7-5-15-18-17-10-19(15)2)12-3-4-14-13(9-12)6-8-20-14/h3-4,9-11,16H,5-8H2,1-2H3. The van der Waals surface area contributed by atoms with Crippen LogP contribution in [0.25, 0.3) is 0 Å². The number of ether oxygens (including phenoxy) is 1. The summed E-state index contributed by atoms with van der Waals surface area (Å²) in [7, 11) is 1.97. The first-order chi connectivity index (χ1) is 9.74. The van der Waals surface area contributed by atoms with Gasteiger partial charge in [0.2, 0.25) is 0 Å². The van der Waals surface area contributed by atoms with Crippen LogP contribution in [0.1, 0.15) is 29.9 Å². The monoisotopic (exact) mass is 272 g/mol. The fourth-order valence-corrected chi connectivity index (χ4v) is 2.53. The van der Waals surface area contributed by atoms with E-state index in [1.807, 2.05) is 11.6 Å². The number of fused-ring (bicyclic) bond motifs is 1. The summed E-state index contributed by atoms with van der Waals surface area (Å²) in [6.45, 7) is 3.89. The smallest absolute Gasteiger partial charge is 0.133 e. The molecule has 5 nitrogen and oxygen atoms in total. The van der Waals surface area contributed by atoms with Gasteiger partial charge in [0, 0.05) is 32.5 Å². The van der Waals surface area contributed by atoms with Crippen LogP contribution in [-0.2, 0) is 19.9 Å². The van der Waals surface area contributed by atoms with Crippen LogP contribution in [0.4, 0.5) is 0 Å². The molecule has 0 amide bonds. The Kier molecular flexibility index (Phi) is 3.69. The second-order valence-electron chi connectivity index (χ2n) is 5.25. The molecule has 0 spiro atoms. The Hall–Kier alpha value is -1.88. The Morgan fingerprint density at radius 3 is 3.15 bits per heavy atom. The van der Waals surface area contributed by atoms with Gasteiger partial charge in [-0.3, -0.25) is 0 Å². The molecule has 106 valence electrons. The molecule has 0 saturated carbocycles. The second kappa shape index (κ2) is 5.63. The molecule has 1 aromatic carbocycles. The van der Waals surface area contributed by atoms with E-state index in [0.717, 1.165) is 37.6 Å². The summed E-state index contributed by atoms with van der Waals surface area (Å²) in [5.41, 5.74) is 2.64. The van der Waals surface area contributed by atoms with Crippen LogP contribution >= 0.6 is 0 Å². The third-order valence-electron chi connectivity index (χ3n) is 3.82. The van der Waals surface area contributed by atoms with Gasteiger partial charge in [-0.1, -0.05) is 12.1 Å². The van der Waals surface area contributed by atoms with E-state index >= 15 is 0 Å². The molecular formula is C15H20N4O. The maximum Gasteiger partial charge on any atom is 0.133 e. The zero-order valence-corrected chi connectivity index (χ0v) is 12.0. The zero-order chi connectivity index (χ0) is 13.9. The van der Waals surface area contributed by atoms with Crippen LogP contribution in [0, 0.1) is 0 Å². The minimum Gasteiger partial charge on any atom is -0.493 e. The Labute approximate surface area is 119 Å². The molecule has 1 aliphatic heterocycles. The highest BCUT2D eigenvalue weighted by Gasteiger charge is 2.14. The maximum atomic E-state index is 5.54. The van der Waals surface area contributed by atoms with Crippen molar-refractivity contribution in [2.45, 2.75) is 25.8 Å². The summed E-state index contributed by atoms with van der Waals surface area (Å²) >= 11 is 0. The van der Waals surface area contributed by atoms with Crippen molar-refractivity contribution < 1.29 is 4.74 Å². The van der Waals surface area contributed by atoms with Crippen molar-refractivity contribution in [1.29, 1.82) is 0 Å². The Balaban J connectivity index is 1.56. The van der Waals surface area contributed by atoms with E-state index in [-0.39, 0.29) is 0 Å². The third-order valence-corrected chi connectivity index (χ3v) is 3.82. The lowest BCUT2D eigenvalue weighted by atomic mass is 10.0. The van der Waals surface area contributed by atoms with Gasteiger partial charge < -0.3 is 14.6 Å². The molecule has 20 heavy (non-hydrogen) atoms. The molecule has 0 fully saturated rings. The summed E-state index contributed by atoms with van der Waals surface area (Å²) in [6.07, 6.45) is 3.64. The van der Waals surface area contributed by atoms with E-state index in [1.165, 1.54) is 11.1 Å². The second-order valence-corrected chi connectivity index (χ2v) is 5.25. The van der Waals surface area contributed by atoms with Gasteiger partial charge in [-0.2, -0.15) is 0 Å². The highest BCUT2D eigenvalue weighted by atomic mass is 16.5. The van der Waals surface area contributed by atoms with Gasteiger partial charge in [0.25, 0.3) is 0 Å². The molecule has 1 aliphatic rings. The van der Waals surface area contributed by atoms with E-state index in [4.69, 9.17) is 4.74 Å². The van der Waals surface area contributed by atoms with E-state index in [0.29, 0.717) is 6.04 Å². The highest BCUT2D eigenvalue weighted by molar-refractivity contribution is 5.40. The number of hydrogen-bond donors (Lipinski definition) is 1. The SMILES string of the molecule is CC(NCCc1nncn1C)c1ccc2c(c1)CCO2. The van der Waals surface area contributed by atoms with E-state index in [2.05, 4.69) is 40.6 Å². The maximum absolute atomic E-state index is 5.54. The molecule has 3 rings (SSSR count). The van der Waals surface area contributed by atoms with Crippen molar-refractivity contribution in [1.82, 2.24) is 20.1 Å². The summed E-state index contributed by atoms with van der Waals surface area (Å²) in [4.78, 5) is 0. The Bertz CT molecular complexity index is 593. The fourth-order valence-electron chi connectivity index (χ4n) is 2.53. The summed E-state index contributed by atoms with van der Waals surface area (Å²) < 4.78 is 7.50. The lowest BCUT2D eigenvalue weighted by molar-refractivity contribution is 0.356. The predicted octanol–water partition coefficient (Wildman–Crippen LogP) is 1.64. The van der Waals surface area contributed by atoms with Crippen LogP contribution in [0.15, 0.2) is 24.5 Å². The highest BCUT2D eigenvalue weighted by Crippen LogP contribution is 2.27. The molecule has 0 radical (unpaired) electrons. The number of benzene rings is 1. The van der Waals surface area contributed by atoms with Gasteiger partial charge in [0.15, 0.2) is 0 Å². The Morgan fingerprint density at radius 2 is 2.35 bits per heavy atom. The van der Waals surface area contributed by atoms with Gasteiger partial charge in [0.1, 0.15) is 17.9 Å². The van der Waals surface area contributed by atoms with Crippen molar-refractivity contribution in [3.05, 3.63) is 41.5 Å². The number of aryl methyl sites for hydroxylation is 1. The average molecular weight is 272 g/mol. The normalized spacial score (nSPS) is 14.9. The third kappa shape index (κ3) is 2.67.